The quantitative estimate of drug-likeness (QED) is 0.454. The number of benzene rings is 2. The molecule has 1 aromatic heterocycles. The van der Waals surface area contributed by atoms with Gasteiger partial charge >= 0.3 is 12.0 Å². The van der Waals surface area contributed by atoms with E-state index in [0.29, 0.717) is 11.1 Å². The Morgan fingerprint density at radius 1 is 1.12 bits per heavy atom. The van der Waals surface area contributed by atoms with E-state index < -0.39 is 41.0 Å². The first kappa shape index (κ1) is 24.4. The summed E-state index contributed by atoms with van der Waals surface area (Å²) in [5.74, 6) is -2.40. The van der Waals surface area contributed by atoms with Gasteiger partial charge in [0, 0.05) is 24.9 Å². The number of aromatic hydroxyl groups is 1. The van der Waals surface area contributed by atoms with Crippen molar-refractivity contribution in [3.05, 3.63) is 82.3 Å². The monoisotopic (exact) mass is 471 g/mol. The first-order chi connectivity index (χ1) is 16.2. The van der Waals surface area contributed by atoms with Crippen molar-refractivity contribution in [2.75, 3.05) is 11.9 Å². The summed E-state index contributed by atoms with van der Waals surface area (Å²) in [7, 11) is 1.46. The lowest BCUT2D eigenvalue weighted by molar-refractivity contribution is -0.143. The second-order valence-electron chi connectivity index (χ2n) is 7.40. The summed E-state index contributed by atoms with van der Waals surface area (Å²) in [6.45, 7) is 1.79. The second kappa shape index (κ2) is 10.6. The third kappa shape index (κ3) is 5.77. The number of hydrogen-bond donors (Lipinski definition) is 3. The number of amides is 2. The van der Waals surface area contributed by atoms with Gasteiger partial charge in [0.15, 0.2) is 5.69 Å². The third-order valence-electron chi connectivity index (χ3n) is 5.02. The molecule has 1 atom stereocenters. The Labute approximate surface area is 193 Å². The number of esters is 1. The number of urea groups is 1. The number of aryl methyl sites for hydroxylation is 1. The number of ether oxygens (including phenoxy) is 1. The molecule has 1 heterocycles. The average molecular weight is 471 g/mol. The van der Waals surface area contributed by atoms with E-state index in [0.717, 1.165) is 12.1 Å². The molecule has 2 aromatic carbocycles. The highest BCUT2D eigenvalue weighted by Gasteiger charge is 2.21. The summed E-state index contributed by atoms with van der Waals surface area (Å²) < 4.78 is 33.5. The zero-order valence-electron chi connectivity index (χ0n) is 18.5. The Kier molecular flexibility index (Phi) is 7.62. The van der Waals surface area contributed by atoms with E-state index in [1.807, 2.05) is 0 Å². The molecule has 0 fully saturated rings. The molecular weight excluding hydrogens is 448 g/mol. The van der Waals surface area contributed by atoms with Crippen LogP contribution in [-0.4, -0.2) is 28.3 Å². The third-order valence-corrected chi connectivity index (χ3v) is 5.02. The minimum Gasteiger partial charge on any atom is -0.505 e. The van der Waals surface area contributed by atoms with E-state index in [1.54, 1.807) is 31.2 Å². The Morgan fingerprint density at radius 3 is 2.47 bits per heavy atom. The van der Waals surface area contributed by atoms with Crippen LogP contribution in [0.1, 0.15) is 24.9 Å². The van der Waals surface area contributed by atoms with Gasteiger partial charge in [-0.25, -0.2) is 13.6 Å². The maximum absolute atomic E-state index is 14.1. The molecule has 8 nitrogen and oxygen atoms in total. The SMILES string of the molecule is CCOC(=O)C[C@H](NC(=O)Nc1c(O)ccn(C)c1=O)c1ccc(-c2ccc(F)cc2F)cc1. The number of pyridine rings is 1. The number of carbonyl (C=O) groups is 2. The molecule has 0 aliphatic carbocycles. The standard InChI is InChI=1S/C24H23F2N3O5/c1-3-34-21(31)13-19(27-24(33)28-22-20(30)10-11-29(2)23(22)32)15-6-4-14(5-7-15)17-9-8-16(25)12-18(17)26/h4-12,19,30H,3,13H2,1-2H3,(H2,27,28,33)/t19-/m0/s1. The fourth-order valence-corrected chi connectivity index (χ4v) is 3.30. The van der Waals surface area contributed by atoms with Crippen LogP contribution >= 0.6 is 0 Å². The molecule has 0 bridgehead atoms. The molecule has 0 saturated heterocycles. The van der Waals surface area contributed by atoms with Crippen LogP contribution in [-0.2, 0) is 16.6 Å². The molecule has 0 saturated carbocycles. The summed E-state index contributed by atoms with van der Waals surface area (Å²) in [5.41, 5.74) is 0.219. The van der Waals surface area contributed by atoms with Crippen LogP contribution in [0, 0.1) is 11.6 Å². The van der Waals surface area contributed by atoms with Crippen molar-refractivity contribution in [1.82, 2.24) is 9.88 Å². The van der Waals surface area contributed by atoms with Crippen LogP contribution < -0.4 is 16.2 Å². The lowest BCUT2D eigenvalue weighted by Gasteiger charge is -2.19. The number of rotatable bonds is 7. The second-order valence-corrected chi connectivity index (χ2v) is 7.40. The lowest BCUT2D eigenvalue weighted by atomic mass is 9.99. The molecule has 178 valence electrons. The normalized spacial score (nSPS) is 11.5. The van der Waals surface area contributed by atoms with Gasteiger partial charge < -0.3 is 25.0 Å². The average Bonchev–Trinajstić information content (AvgIpc) is 2.79. The van der Waals surface area contributed by atoms with Crippen molar-refractivity contribution >= 4 is 17.7 Å². The van der Waals surface area contributed by atoms with Crippen molar-refractivity contribution in [3.63, 3.8) is 0 Å². The van der Waals surface area contributed by atoms with E-state index in [-0.39, 0.29) is 24.3 Å². The van der Waals surface area contributed by atoms with Crippen LogP contribution in [0.2, 0.25) is 0 Å². The van der Waals surface area contributed by atoms with E-state index in [9.17, 15) is 28.3 Å². The number of carbonyl (C=O) groups excluding carboxylic acids is 2. The van der Waals surface area contributed by atoms with Gasteiger partial charge in [-0.15, -0.1) is 0 Å². The molecule has 34 heavy (non-hydrogen) atoms. The maximum Gasteiger partial charge on any atom is 0.319 e. The summed E-state index contributed by atoms with van der Waals surface area (Å²) in [6, 6.07) is 9.11. The Morgan fingerprint density at radius 2 is 1.82 bits per heavy atom. The highest BCUT2D eigenvalue weighted by Crippen LogP contribution is 2.26. The first-order valence-corrected chi connectivity index (χ1v) is 10.4. The smallest absolute Gasteiger partial charge is 0.319 e. The Balaban J connectivity index is 1.84. The summed E-state index contributed by atoms with van der Waals surface area (Å²) in [5, 5.41) is 14.8. The lowest BCUT2D eigenvalue weighted by Crippen LogP contribution is -2.36. The largest absolute Gasteiger partial charge is 0.505 e. The minimum absolute atomic E-state index is 0.147. The van der Waals surface area contributed by atoms with Crippen LogP contribution in [0.25, 0.3) is 11.1 Å². The van der Waals surface area contributed by atoms with Crippen LogP contribution in [0.15, 0.2) is 59.5 Å². The molecule has 0 spiro atoms. The van der Waals surface area contributed by atoms with Crippen molar-refractivity contribution < 1.29 is 28.2 Å². The molecule has 3 aromatic rings. The molecular formula is C24H23F2N3O5. The Hall–Kier alpha value is -4.21. The van der Waals surface area contributed by atoms with E-state index in [4.69, 9.17) is 4.74 Å². The Bertz CT molecular complexity index is 1260. The van der Waals surface area contributed by atoms with Crippen molar-refractivity contribution in [2.24, 2.45) is 7.05 Å². The van der Waals surface area contributed by atoms with Crippen LogP contribution in [0.5, 0.6) is 5.75 Å². The van der Waals surface area contributed by atoms with Gasteiger partial charge in [-0.2, -0.15) is 0 Å². The molecule has 10 heteroatoms. The van der Waals surface area contributed by atoms with E-state index in [2.05, 4.69) is 10.6 Å². The van der Waals surface area contributed by atoms with Gasteiger partial charge in [-0.05, 0) is 36.2 Å². The fourth-order valence-electron chi connectivity index (χ4n) is 3.30. The molecule has 3 N–H and O–H groups in total. The first-order valence-electron chi connectivity index (χ1n) is 10.4. The number of nitrogens with zero attached hydrogens (tertiary/aromatic N) is 1. The van der Waals surface area contributed by atoms with Gasteiger partial charge in [0.1, 0.15) is 17.4 Å². The molecule has 2 amide bonds. The maximum atomic E-state index is 14.1. The molecule has 0 aliphatic heterocycles. The molecule has 0 unspecified atom stereocenters. The van der Waals surface area contributed by atoms with Gasteiger partial charge in [0.05, 0.1) is 19.1 Å². The number of hydrogen-bond acceptors (Lipinski definition) is 5. The predicted octanol–water partition coefficient (Wildman–Crippen LogP) is 3.85. The number of anilines is 1. The molecule has 3 rings (SSSR count). The molecule has 0 aliphatic rings. The van der Waals surface area contributed by atoms with Gasteiger partial charge in [-0.3, -0.25) is 9.59 Å². The van der Waals surface area contributed by atoms with Crippen molar-refractivity contribution in [2.45, 2.75) is 19.4 Å². The minimum atomic E-state index is -0.860. The zero-order chi connectivity index (χ0) is 24.8. The highest BCUT2D eigenvalue weighted by atomic mass is 19.1. The van der Waals surface area contributed by atoms with Crippen molar-refractivity contribution in [1.29, 1.82) is 0 Å². The van der Waals surface area contributed by atoms with Gasteiger partial charge in [-0.1, -0.05) is 24.3 Å². The van der Waals surface area contributed by atoms with Crippen molar-refractivity contribution in [3.8, 4) is 16.9 Å². The molecule has 0 radical (unpaired) electrons. The van der Waals surface area contributed by atoms with Gasteiger partial charge in [0.25, 0.3) is 5.56 Å². The number of aromatic nitrogens is 1. The fraction of sp³-hybridized carbons (Fsp3) is 0.208. The number of halogens is 2. The predicted molar refractivity (Wildman–Crippen MR) is 121 cm³/mol. The van der Waals surface area contributed by atoms with E-state index in [1.165, 1.54) is 29.9 Å². The topological polar surface area (TPSA) is 110 Å². The summed E-state index contributed by atoms with van der Waals surface area (Å²) >= 11 is 0. The van der Waals surface area contributed by atoms with E-state index >= 15 is 0 Å². The van der Waals surface area contributed by atoms with Gasteiger partial charge in [0.2, 0.25) is 0 Å². The van der Waals surface area contributed by atoms with Crippen LogP contribution in [0.4, 0.5) is 19.3 Å². The zero-order valence-corrected chi connectivity index (χ0v) is 18.5. The number of nitrogens with one attached hydrogen (secondary N) is 2. The summed E-state index contributed by atoms with van der Waals surface area (Å²) in [4.78, 5) is 36.9. The highest BCUT2D eigenvalue weighted by molar-refractivity contribution is 5.91. The van der Waals surface area contributed by atoms with Crippen LogP contribution in [0.3, 0.4) is 0 Å². The summed E-state index contributed by atoms with van der Waals surface area (Å²) in [6.07, 6.45) is 1.13.